The Labute approximate surface area is 169 Å². The van der Waals surface area contributed by atoms with Crippen LogP contribution in [0.1, 0.15) is 59.5 Å². The van der Waals surface area contributed by atoms with Gasteiger partial charge in [-0.15, -0.1) is 0 Å². The molecule has 1 aromatic heterocycles. The first-order chi connectivity index (χ1) is 13.5. The summed E-state index contributed by atoms with van der Waals surface area (Å²) in [6.45, 7) is 11.0. The van der Waals surface area contributed by atoms with Crippen LogP contribution in [-0.2, 0) is 17.6 Å². The van der Waals surface area contributed by atoms with Crippen LogP contribution < -0.4 is 4.74 Å². The number of alkyl halides is 3. The quantitative estimate of drug-likeness (QED) is 0.566. The third-order valence-electron chi connectivity index (χ3n) is 5.03. The highest BCUT2D eigenvalue weighted by atomic mass is 19.4. The van der Waals surface area contributed by atoms with E-state index in [-0.39, 0.29) is 12.4 Å². The minimum atomic E-state index is -4.46. The number of aryl methyl sites for hydroxylation is 2. The number of pyridine rings is 1. The van der Waals surface area contributed by atoms with E-state index in [9.17, 15) is 18.0 Å². The van der Waals surface area contributed by atoms with Gasteiger partial charge in [-0.05, 0) is 81.5 Å². The zero-order valence-electron chi connectivity index (χ0n) is 17.6. The van der Waals surface area contributed by atoms with Crippen LogP contribution in [0, 0.1) is 27.7 Å². The van der Waals surface area contributed by atoms with Crippen molar-refractivity contribution in [3.05, 3.63) is 63.5 Å². The molecular formula is C23H26F3NO2. The van der Waals surface area contributed by atoms with Crippen LogP contribution in [-0.4, -0.2) is 10.8 Å². The zero-order valence-corrected chi connectivity index (χ0v) is 17.6. The van der Waals surface area contributed by atoms with Crippen LogP contribution in [0.5, 0.6) is 5.75 Å². The molecule has 0 radical (unpaired) electrons. The number of carbonyl (C=O) groups is 1. The van der Waals surface area contributed by atoms with E-state index in [1.807, 2.05) is 39.8 Å². The Kier molecular flexibility index (Phi) is 6.88. The number of Topliss-reactive ketones (excluding diaryl/α,β-unsaturated/α-hetero) is 1. The van der Waals surface area contributed by atoms with Crippen molar-refractivity contribution in [1.82, 2.24) is 4.98 Å². The molecule has 0 fully saturated rings. The Bertz CT molecular complexity index is 960. The molecule has 2 rings (SSSR count). The topological polar surface area (TPSA) is 39.2 Å². The number of hydrogen-bond donors (Lipinski definition) is 0. The lowest BCUT2D eigenvalue weighted by Crippen LogP contribution is -2.11. The predicted molar refractivity (Wildman–Crippen MR) is 108 cm³/mol. The van der Waals surface area contributed by atoms with E-state index in [0.717, 1.165) is 33.9 Å². The molecule has 1 aromatic carbocycles. The average Bonchev–Trinajstić information content (AvgIpc) is 2.62. The molecule has 29 heavy (non-hydrogen) atoms. The van der Waals surface area contributed by atoms with Crippen molar-refractivity contribution in [2.45, 2.75) is 60.7 Å². The Hall–Kier alpha value is -2.63. The summed E-state index contributed by atoms with van der Waals surface area (Å²) in [5.41, 5.74) is 4.95. The van der Waals surface area contributed by atoms with E-state index in [0.29, 0.717) is 23.4 Å². The molecule has 0 aliphatic rings. The molecule has 2 aromatic rings. The Balaban J connectivity index is 2.30. The lowest BCUT2D eigenvalue weighted by atomic mass is 9.89. The van der Waals surface area contributed by atoms with Gasteiger partial charge in [0.2, 0.25) is 0 Å². The largest absolute Gasteiger partial charge is 0.489 e. The lowest BCUT2D eigenvalue weighted by Gasteiger charge is -2.19. The fourth-order valence-electron chi connectivity index (χ4n) is 3.35. The number of nitrogens with zero attached hydrogens (tertiary/aromatic N) is 1. The Morgan fingerprint density at radius 2 is 1.79 bits per heavy atom. The van der Waals surface area contributed by atoms with Gasteiger partial charge in [-0.2, -0.15) is 13.2 Å². The smallest absolute Gasteiger partial charge is 0.433 e. The average molecular weight is 405 g/mol. The van der Waals surface area contributed by atoms with Crippen LogP contribution in [0.4, 0.5) is 13.2 Å². The van der Waals surface area contributed by atoms with E-state index >= 15 is 0 Å². The van der Waals surface area contributed by atoms with E-state index in [4.69, 9.17) is 4.74 Å². The predicted octanol–water partition coefficient (Wildman–Crippen LogP) is 6.30. The minimum absolute atomic E-state index is 0.0974. The van der Waals surface area contributed by atoms with Crippen LogP contribution in [0.3, 0.4) is 0 Å². The number of allylic oxidation sites excluding steroid dienone is 2. The van der Waals surface area contributed by atoms with E-state index in [2.05, 4.69) is 4.98 Å². The summed E-state index contributed by atoms with van der Waals surface area (Å²) in [5.74, 6) is 0.765. The number of benzene rings is 1. The molecule has 6 heteroatoms. The molecule has 0 atom stereocenters. The summed E-state index contributed by atoms with van der Waals surface area (Å²) in [6, 6.07) is 4.28. The Morgan fingerprint density at radius 1 is 1.14 bits per heavy atom. The summed E-state index contributed by atoms with van der Waals surface area (Å²) in [7, 11) is 0. The van der Waals surface area contributed by atoms with Gasteiger partial charge in [-0.25, -0.2) is 4.98 Å². The highest BCUT2D eigenvalue weighted by Gasteiger charge is 2.32. The summed E-state index contributed by atoms with van der Waals surface area (Å²) in [4.78, 5) is 15.2. The molecule has 0 unspecified atom stereocenters. The second kappa shape index (κ2) is 8.80. The van der Waals surface area contributed by atoms with Crippen molar-refractivity contribution in [2.75, 3.05) is 0 Å². The van der Waals surface area contributed by atoms with Crippen molar-refractivity contribution < 1.29 is 22.7 Å². The maximum absolute atomic E-state index is 12.8. The Morgan fingerprint density at radius 3 is 2.31 bits per heavy atom. The number of carbonyl (C=O) groups excluding carboxylic acids is 1. The van der Waals surface area contributed by atoms with E-state index in [1.54, 1.807) is 13.8 Å². The van der Waals surface area contributed by atoms with E-state index in [1.165, 1.54) is 6.07 Å². The third kappa shape index (κ3) is 5.25. The highest BCUT2D eigenvalue weighted by molar-refractivity contribution is 5.90. The highest BCUT2D eigenvalue weighted by Crippen LogP contribution is 2.34. The maximum atomic E-state index is 12.8. The first kappa shape index (κ1) is 22.7. The zero-order chi connectivity index (χ0) is 21.9. The monoisotopic (exact) mass is 405 g/mol. The number of aromatic nitrogens is 1. The van der Waals surface area contributed by atoms with Crippen molar-refractivity contribution in [2.24, 2.45) is 0 Å². The summed E-state index contributed by atoms with van der Waals surface area (Å²) < 4.78 is 44.3. The first-order valence-corrected chi connectivity index (χ1v) is 9.38. The fraction of sp³-hybridized carbons (Fsp3) is 0.391. The molecule has 0 aliphatic heterocycles. The number of hydrogen-bond acceptors (Lipinski definition) is 3. The number of ether oxygens (including phenoxy) is 1. The maximum Gasteiger partial charge on any atom is 0.433 e. The second-order valence-corrected chi connectivity index (χ2v) is 7.24. The molecular weight excluding hydrogens is 379 g/mol. The van der Waals surface area contributed by atoms with Gasteiger partial charge >= 0.3 is 6.18 Å². The third-order valence-corrected chi connectivity index (χ3v) is 5.03. The molecule has 0 aliphatic carbocycles. The molecule has 3 nitrogen and oxygen atoms in total. The van der Waals surface area contributed by atoms with Crippen molar-refractivity contribution in [3.8, 4) is 5.75 Å². The van der Waals surface area contributed by atoms with Gasteiger partial charge in [0.05, 0.1) is 0 Å². The molecule has 0 saturated carbocycles. The minimum Gasteiger partial charge on any atom is -0.489 e. The number of halogens is 3. The van der Waals surface area contributed by atoms with Gasteiger partial charge in [0.15, 0.2) is 0 Å². The molecule has 0 bridgehead atoms. The summed E-state index contributed by atoms with van der Waals surface area (Å²) >= 11 is 0. The van der Waals surface area contributed by atoms with Crippen LogP contribution in [0.2, 0.25) is 0 Å². The van der Waals surface area contributed by atoms with Crippen molar-refractivity contribution >= 4 is 11.4 Å². The van der Waals surface area contributed by atoms with Gasteiger partial charge in [0, 0.05) is 17.7 Å². The molecule has 0 saturated heterocycles. The summed E-state index contributed by atoms with van der Waals surface area (Å²) in [5, 5.41) is 0. The van der Waals surface area contributed by atoms with Gasteiger partial charge in [-0.1, -0.05) is 12.1 Å². The van der Waals surface area contributed by atoms with Crippen LogP contribution in [0.15, 0.2) is 24.3 Å². The lowest BCUT2D eigenvalue weighted by molar-refractivity contribution is -0.141. The van der Waals surface area contributed by atoms with Crippen LogP contribution >= 0.6 is 0 Å². The number of ketones is 1. The van der Waals surface area contributed by atoms with E-state index < -0.39 is 11.9 Å². The molecule has 0 spiro atoms. The normalized spacial score (nSPS) is 12.2. The molecule has 0 N–H and O–H groups in total. The molecule has 156 valence electrons. The van der Waals surface area contributed by atoms with Gasteiger partial charge < -0.3 is 4.74 Å². The molecule has 0 amide bonds. The summed E-state index contributed by atoms with van der Waals surface area (Å²) in [6.07, 6.45) is -2.14. The van der Waals surface area contributed by atoms with Crippen molar-refractivity contribution in [1.29, 1.82) is 0 Å². The van der Waals surface area contributed by atoms with Gasteiger partial charge in [0.1, 0.15) is 23.8 Å². The SMILES string of the molecule is C/C=C(/CC(C)=O)c1c(C)cc(OCc2ccc(C(F)(F)F)nc2C)c(C)c1C. The fourth-order valence-corrected chi connectivity index (χ4v) is 3.35. The van der Waals surface area contributed by atoms with Crippen molar-refractivity contribution in [3.63, 3.8) is 0 Å². The second-order valence-electron chi connectivity index (χ2n) is 7.24. The van der Waals surface area contributed by atoms with Gasteiger partial charge in [0.25, 0.3) is 0 Å². The standard InChI is InChI=1S/C23H26F3NO2/c1-7-18(11-14(3)28)22-13(2)10-20(15(4)16(22)5)29-12-19-8-9-21(23(24,25)26)27-17(19)6/h7-10H,11-12H2,1-6H3/b18-7-. The van der Waals surface area contributed by atoms with Crippen LogP contribution in [0.25, 0.3) is 5.57 Å². The number of rotatable bonds is 6. The molecule has 1 heterocycles. The first-order valence-electron chi connectivity index (χ1n) is 9.38. The van der Waals surface area contributed by atoms with Gasteiger partial charge in [-0.3, -0.25) is 4.79 Å².